The van der Waals surface area contributed by atoms with E-state index >= 15 is 0 Å². The molecule has 0 aliphatic heterocycles. The number of benzene rings is 2. The van der Waals surface area contributed by atoms with Gasteiger partial charge < -0.3 is 14.4 Å². The van der Waals surface area contributed by atoms with E-state index in [1.54, 1.807) is 14.2 Å². The molecule has 1 fully saturated rings. The van der Waals surface area contributed by atoms with E-state index in [4.69, 9.17) is 9.47 Å². The van der Waals surface area contributed by atoms with Crippen molar-refractivity contribution >= 4 is 5.91 Å². The van der Waals surface area contributed by atoms with Gasteiger partial charge in [0.25, 0.3) is 0 Å². The molecule has 2 aromatic rings. The molecule has 0 unspecified atom stereocenters. The van der Waals surface area contributed by atoms with Crippen molar-refractivity contribution < 1.29 is 14.3 Å². The Kier molecular flexibility index (Phi) is 6.61. The minimum atomic E-state index is 0.209. The van der Waals surface area contributed by atoms with Gasteiger partial charge in [0.1, 0.15) is 11.5 Å². The van der Waals surface area contributed by atoms with Crippen molar-refractivity contribution in [2.45, 2.75) is 58.0 Å². The smallest absolute Gasteiger partial charge is 0.223 e. The number of hydrogen-bond donors (Lipinski definition) is 0. The van der Waals surface area contributed by atoms with Crippen LogP contribution in [-0.4, -0.2) is 31.1 Å². The molecule has 28 heavy (non-hydrogen) atoms. The first-order valence-electron chi connectivity index (χ1n) is 10.1. The number of carbonyl (C=O) groups is 1. The van der Waals surface area contributed by atoms with Gasteiger partial charge in [-0.15, -0.1) is 0 Å². The predicted octanol–water partition coefficient (Wildman–Crippen LogP) is 4.95. The van der Waals surface area contributed by atoms with Crippen LogP contribution >= 0.6 is 0 Å². The lowest BCUT2D eigenvalue weighted by atomic mass is 10.0. The minimum absolute atomic E-state index is 0.209. The van der Waals surface area contributed by atoms with Gasteiger partial charge in [0.2, 0.25) is 5.91 Å². The minimum Gasteiger partial charge on any atom is -0.497 e. The van der Waals surface area contributed by atoms with E-state index in [1.807, 2.05) is 18.2 Å². The highest BCUT2D eigenvalue weighted by molar-refractivity contribution is 5.77. The normalized spacial score (nSPS) is 13.5. The zero-order chi connectivity index (χ0) is 20.1. The fourth-order valence-electron chi connectivity index (χ4n) is 3.47. The van der Waals surface area contributed by atoms with Crippen molar-refractivity contribution in [1.82, 2.24) is 4.90 Å². The van der Waals surface area contributed by atoms with Crippen LogP contribution < -0.4 is 9.47 Å². The van der Waals surface area contributed by atoms with Gasteiger partial charge in [0, 0.05) is 19.0 Å². The molecule has 0 N–H and O–H groups in total. The molecule has 0 atom stereocenters. The number of amides is 1. The molecule has 1 amide bonds. The van der Waals surface area contributed by atoms with Crippen LogP contribution in [0, 0.1) is 0 Å². The maximum Gasteiger partial charge on any atom is 0.223 e. The van der Waals surface area contributed by atoms with Gasteiger partial charge in [-0.3, -0.25) is 4.79 Å². The molecule has 0 radical (unpaired) electrons. The highest BCUT2D eigenvalue weighted by Crippen LogP contribution is 2.30. The van der Waals surface area contributed by atoms with Gasteiger partial charge in [-0.2, -0.15) is 0 Å². The Morgan fingerprint density at radius 1 is 1.07 bits per heavy atom. The summed E-state index contributed by atoms with van der Waals surface area (Å²) >= 11 is 0. The summed E-state index contributed by atoms with van der Waals surface area (Å²) < 4.78 is 10.8. The van der Waals surface area contributed by atoms with E-state index in [1.165, 1.54) is 11.1 Å². The quantitative estimate of drug-likeness (QED) is 0.617. The van der Waals surface area contributed by atoms with Crippen LogP contribution in [0.3, 0.4) is 0 Å². The number of methoxy groups -OCH3 is 2. The molecule has 4 heteroatoms. The highest BCUT2D eigenvalue weighted by Gasteiger charge is 2.32. The van der Waals surface area contributed by atoms with Gasteiger partial charge in [-0.1, -0.05) is 38.1 Å². The zero-order valence-corrected chi connectivity index (χ0v) is 17.4. The highest BCUT2D eigenvalue weighted by atomic mass is 16.5. The molecule has 150 valence electrons. The molecule has 0 spiro atoms. The molecule has 0 saturated heterocycles. The fourth-order valence-corrected chi connectivity index (χ4v) is 3.47. The molecule has 0 aromatic heterocycles. The largest absolute Gasteiger partial charge is 0.497 e. The van der Waals surface area contributed by atoms with E-state index in [2.05, 4.69) is 43.0 Å². The van der Waals surface area contributed by atoms with Crippen molar-refractivity contribution in [2.75, 3.05) is 14.2 Å². The van der Waals surface area contributed by atoms with Crippen molar-refractivity contribution in [1.29, 1.82) is 0 Å². The number of nitrogens with zero attached hydrogens (tertiary/aromatic N) is 1. The van der Waals surface area contributed by atoms with E-state index in [-0.39, 0.29) is 5.91 Å². The summed E-state index contributed by atoms with van der Waals surface area (Å²) in [4.78, 5) is 15.0. The maximum absolute atomic E-state index is 13.0. The summed E-state index contributed by atoms with van der Waals surface area (Å²) in [6, 6.07) is 14.8. The average Bonchev–Trinajstić information content (AvgIpc) is 3.55. The standard InChI is InChI=1S/C24H31NO3/c1-17(2)19-7-5-18(6-8-19)16-25(21-10-11-21)24(26)14-9-20-15-22(27-3)12-13-23(20)28-4/h5-8,12-13,15,17,21H,9-11,14,16H2,1-4H3. The van der Waals surface area contributed by atoms with Gasteiger partial charge in [0.05, 0.1) is 14.2 Å². The molecule has 1 aliphatic rings. The lowest BCUT2D eigenvalue weighted by Gasteiger charge is -2.23. The van der Waals surface area contributed by atoms with Crippen LogP contribution in [0.1, 0.15) is 55.7 Å². The first-order valence-corrected chi connectivity index (χ1v) is 10.1. The number of carbonyl (C=O) groups excluding carboxylic acids is 1. The summed E-state index contributed by atoms with van der Waals surface area (Å²) in [7, 11) is 3.31. The molecule has 0 heterocycles. The first-order chi connectivity index (χ1) is 13.5. The van der Waals surface area contributed by atoms with Crippen molar-refractivity contribution in [3.8, 4) is 11.5 Å². The number of aryl methyl sites for hydroxylation is 1. The number of hydrogen-bond acceptors (Lipinski definition) is 3. The third-order valence-electron chi connectivity index (χ3n) is 5.40. The summed E-state index contributed by atoms with van der Waals surface area (Å²) in [5, 5.41) is 0. The average molecular weight is 382 g/mol. The summed E-state index contributed by atoms with van der Waals surface area (Å²) in [5.41, 5.74) is 3.54. The van der Waals surface area contributed by atoms with Gasteiger partial charge in [-0.25, -0.2) is 0 Å². The van der Waals surface area contributed by atoms with Crippen LogP contribution in [0.25, 0.3) is 0 Å². The Morgan fingerprint density at radius 3 is 2.36 bits per heavy atom. The molecular weight excluding hydrogens is 350 g/mol. The molecule has 2 aromatic carbocycles. The van der Waals surface area contributed by atoms with Crippen LogP contribution in [0.4, 0.5) is 0 Å². The maximum atomic E-state index is 13.0. The second-order valence-corrected chi connectivity index (χ2v) is 7.83. The Morgan fingerprint density at radius 2 is 1.79 bits per heavy atom. The monoisotopic (exact) mass is 381 g/mol. The van der Waals surface area contributed by atoms with E-state index in [9.17, 15) is 4.79 Å². The third-order valence-corrected chi connectivity index (χ3v) is 5.40. The predicted molar refractivity (Wildman–Crippen MR) is 112 cm³/mol. The molecule has 1 saturated carbocycles. The Balaban J connectivity index is 1.65. The fraction of sp³-hybridized carbons (Fsp3) is 0.458. The molecule has 1 aliphatic carbocycles. The van der Waals surface area contributed by atoms with E-state index in [0.29, 0.717) is 31.3 Å². The second-order valence-electron chi connectivity index (χ2n) is 7.83. The first kappa shape index (κ1) is 20.2. The van der Waals surface area contributed by atoms with Crippen molar-refractivity contribution in [2.24, 2.45) is 0 Å². The van der Waals surface area contributed by atoms with Crippen LogP contribution in [0.5, 0.6) is 11.5 Å². The summed E-state index contributed by atoms with van der Waals surface area (Å²) in [5.74, 6) is 2.32. The summed E-state index contributed by atoms with van der Waals surface area (Å²) in [6.07, 6.45) is 3.34. The van der Waals surface area contributed by atoms with E-state index < -0.39 is 0 Å². The van der Waals surface area contributed by atoms with Crippen LogP contribution in [-0.2, 0) is 17.8 Å². The van der Waals surface area contributed by atoms with Crippen molar-refractivity contribution in [3.05, 3.63) is 59.2 Å². The summed E-state index contributed by atoms with van der Waals surface area (Å²) in [6.45, 7) is 5.08. The van der Waals surface area contributed by atoms with E-state index in [0.717, 1.165) is 29.9 Å². The molecular formula is C24H31NO3. The third kappa shape index (κ3) is 5.06. The number of rotatable bonds is 9. The zero-order valence-electron chi connectivity index (χ0n) is 17.4. The Hall–Kier alpha value is -2.49. The van der Waals surface area contributed by atoms with Crippen molar-refractivity contribution in [3.63, 3.8) is 0 Å². The lowest BCUT2D eigenvalue weighted by Crippen LogP contribution is -2.32. The van der Waals surface area contributed by atoms with Crippen LogP contribution in [0.15, 0.2) is 42.5 Å². The van der Waals surface area contributed by atoms with Gasteiger partial charge in [0.15, 0.2) is 0 Å². The Labute approximate surface area is 168 Å². The topological polar surface area (TPSA) is 38.8 Å². The molecule has 4 nitrogen and oxygen atoms in total. The van der Waals surface area contributed by atoms with Crippen LogP contribution in [0.2, 0.25) is 0 Å². The van der Waals surface area contributed by atoms with Gasteiger partial charge in [-0.05, 0) is 60.1 Å². The number of ether oxygens (including phenoxy) is 2. The molecule has 0 bridgehead atoms. The van der Waals surface area contributed by atoms with Gasteiger partial charge >= 0.3 is 0 Å². The Bertz CT molecular complexity index is 794. The second kappa shape index (κ2) is 9.13. The molecule has 3 rings (SSSR count). The lowest BCUT2D eigenvalue weighted by molar-refractivity contribution is -0.132. The SMILES string of the molecule is COc1ccc(OC)c(CCC(=O)N(Cc2ccc(C(C)C)cc2)C2CC2)c1.